The second-order valence-electron chi connectivity index (χ2n) is 5.76. The Morgan fingerprint density at radius 1 is 1.38 bits per heavy atom. The van der Waals surface area contributed by atoms with Gasteiger partial charge in [0.1, 0.15) is 0 Å². The monoisotopic (exact) mass is 292 g/mol. The van der Waals surface area contributed by atoms with Crippen LogP contribution < -0.4 is 10.7 Å². The van der Waals surface area contributed by atoms with E-state index in [2.05, 4.69) is 12.2 Å². The van der Waals surface area contributed by atoms with Crippen LogP contribution in [0.3, 0.4) is 0 Å². The number of carbonyl (C=O) groups excluding carboxylic acids is 1. The SMILES string of the molecule is CCCCCCNC(=O)c1c(O)c(=O)cc(C)n1C1CC1. The quantitative estimate of drug-likeness (QED) is 0.759. The predicted octanol–water partition coefficient (Wildman–Crippen LogP) is 2.51. The van der Waals surface area contributed by atoms with E-state index in [0.29, 0.717) is 6.54 Å². The highest BCUT2D eigenvalue weighted by molar-refractivity contribution is 5.95. The maximum Gasteiger partial charge on any atom is 0.271 e. The summed E-state index contributed by atoms with van der Waals surface area (Å²) >= 11 is 0. The number of hydrogen-bond donors (Lipinski definition) is 2. The molecule has 116 valence electrons. The molecule has 1 aliphatic rings. The molecule has 1 saturated carbocycles. The number of nitrogens with zero attached hydrogens (tertiary/aromatic N) is 1. The van der Waals surface area contributed by atoms with E-state index < -0.39 is 11.2 Å². The Morgan fingerprint density at radius 2 is 2.10 bits per heavy atom. The van der Waals surface area contributed by atoms with Gasteiger partial charge in [-0.15, -0.1) is 0 Å². The van der Waals surface area contributed by atoms with Gasteiger partial charge in [-0.25, -0.2) is 0 Å². The lowest BCUT2D eigenvalue weighted by molar-refractivity contribution is 0.0938. The van der Waals surface area contributed by atoms with Crippen molar-refractivity contribution in [3.05, 3.63) is 27.7 Å². The second kappa shape index (κ2) is 6.78. The van der Waals surface area contributed by atoms with Crippen LogP contribution in [0, 0.1) is 6.92 Å². The van der Waals surface area contributed by atoms with Crippen molar-refractivity contribution < 1.29 is 9.90 Å². The Balaban J connectivity index is 2.14. The van der Waals surface area contributed by atoms with Crippen molar-refractivity contribution in [2.75, 3.05) is 6.54 Å². The smallest absolute Gasteiger partial charge is 0.271 e. The lowest BCUT2D eigenvalue weighted by atomic mass is 10.2. The number of unbranched alkanes of at least 4 members (excludes halogenated alkanes) is 3. The van der Waals surface area contributed by atoms with Crippen LogP contribution in [-0.4, -0.2) is 22.1 Å². The lowest BCUT2D eigenvalue weighted by Crippen LogP contribution is -2.30. The van der Waals surface area contributed by atoms with E-state index >= 15 is 0 Å². The number of amides is 1. The molecule has 0 spiro atoms. The Hall–Kier alpha value is -1.78. The molecule has 1 heterocycles. The standard InChI is InChI=1S/C16H24N2O3/c1-3-4-5-6-9-17-16(21)14-15(20)13(19)10-11(2)18(14)12-7-8-12/h10,12,20H,3-9H2,1-2H3,(H,17,21). The first-order valence-corrected chi connectivity index (χ1v) is 7.79. The van der Waals surface area contributed by atoms with Crippen LogP contribution >= 0.6 is 0 Å². The average Bonchev–Trinajstić information content (AvgIpc) is 3.26. The molecule has 0 bridgehead atoms. The molecule has 1 aromatic rings. The van der Waals surface area contributed by atoms with Crippen molar-refractivity contribution in [3.8, 4) is 5.75 Å². The van der Waals surface area contributed by atoms with Crippen LogP contribution in [0.2, 0.25) is 0 Å². The first kappa shape index (κ1) is 15.6. The van der Waals surface area contributed by atoms with Gasteiger partial charge in [0.2, 0.25) is 5.43 Å². The molecule has 5 heteroatoms. The molecule has 1 aromatic heterocycles. The third-order valence-electron chi connectivity index (χ3n) is 3.86. The molecule has 0 unspecified atom stereocenters. The average molecular weight is 292 g/mol. The summed E-state index contributed by atoms with van der Waals surface area (Å²) in [5.74, 6) is -0.782. The van der Waals surface area contributed by atoms with Crippen molar-refractivity contribution in [2.45, 2.75) is 58.4 Å². The molecular weight excluding hydrogens is 268 g/mol. The van der Waals surface area contributed by atoms with E-state index in [1.54, 1.807) is 11.5 Å². The van der Waals surface area contributed by atoms with Crippen LogP contribution in [0.5, 0.6) is 5.75 Å². The van der Waals surface area contributed by atoms with Crippen molar-refractivity contribution in [1.82, 2.24) is 9.88 Å². The van der Waals surface area contributed by atoms with Crippen molar-refractivity contribution in [1.29, 1.82) is 0 Å². The number of nitrogens with one attached hydrogen (secondary N) is 1. The molecule has 0 aliphatic heterocycles. The molecule has 0 atom stereocenters. The summed E-state index contributed by atoms with van der Waals surface area (Å²) in [5.41, 5.74) is 0.370. The zero-order valence-electron chi connectivity index (χ0n) is 12.8. The molecule has 0 saturated heterocycles. The van der Waals surface area contributed by atoms with E-state index in [1.807, 2.05) is 0 Å². The Morgan fingerprint density at radius 3 is 2.71 bits per heavy atom. The van der Waals surface area contributed by atoms with E-state index in [9.17, 15) is 14.7 Å². The maximum absolute atomic E-state index is 12.3. The van der Waals surface area contributed by atoms with Gasteiger partial charge in [-0.3, -0.25) is 9.59 Å². The van der Waals surface area contributed by atoms with E-state index in [0.717, 1.165) is 44.2 Å². The zero-order valence-corrected chi connectivity index (χ0v) is 12.8. The fourth-order valence-electron chi connectivity index (χ4n) is 2.59. The predicted molar refractivity (Wildman–Crippen MR) is 81.9 cm³/mol. The lowest BCUT2D eigenvalue weighted by Gasteiger charge is -2.17. The Labute approximate surface area is 125 Å². The number of aromatic nitrogens is 1. The van der Waals surface area contributed by atoms with Gasteiger partial charge in [0.05, 0.1) is 0 Å². The molecule has 1 fully saturated rings. The summed E-state index contributed by atoms with van der Waals surface area (Å²) in [4.78, 5) is 24.1. The summed E-state index contributed by atoms with van der Waals surface area (Å²) < 4.78 is 1.80. The van der Waals surface area contributed by atoms with Crippen LogP contribution in [-0.2, 0) is 0 Å². The van der Waals surface area contributed by atoms with Gasteiger partial charge in [-0.05, 0) is 26.2 Å². The third kappa shape index (κ3) is 3.65. The fourth-order valence-corrected chi connectivity index (χ4v) is 2.59. The van der Waals surface area contributed by atoms with Crippen LogP contribution in [0.1, 0.15) is 67.7 Å². The highest BCUT2D eigenvalue weighted by Crippen LogP contribution is 2.38. The van der Waals surface area contributed by atoms with Gasteiger partial charge in [0.15, 0.2) is 11.4 Å². The molecule has 5 nitrogen and oxygen atoms in total. The third-order valence-corrected chi connectivity index (χ3v) is 3.86. The van der Waals surface area contributed by atoms with Gasteiger partial charge in [-0.2, -0.15) is 0 Å². The summed E-state index contributed by atoms with van der Waals surface area (Å²) in [6.07, 6.45) is 6.26. The topological polar surface area (TPSA) is 71.3 Å². The number of rotatable bonds is 7. The number of aromatic hydroxyl groups is 1. The number of pyridine rings is 1. The minimum atomic E-state index is -0.486. The van der Waals surface area contributed by atoms with E-state index in [1.165, 1.54) is 6.07 Å². The largest absolute Gasteiger partial charge is 0.503 e. The summed E-state index contributed by atoms with van der Waals surface area (Å²) in [5, 5.41) is 12.8. The van der Waals surface area contributed by atoms with E-state index in [-0.39, 0.29) is 17.6 Å². The second-order valence-corrected chi connectivity index (χ2v) is 5.76. The minimum Gasteiger partial charge on any atom is -0.503 e. The van der Waals surface area contributed by atoms with Gasteiger partial charge in [0, 0.05) is 24.3 Å². The molecule has 2 rings (SSSR count). The highest BCUT2D eigenvalue weighted by atomic mass is 16.3. The van der Waals surface area contributed by atoms with E-state index in [4.69, 9.17) is 0 Å². The molecule has 1 aliphatic carbocycles. The normalized spacial score (nSPS) is 14.2. The van der Waals surface area contributed by atoms with Gasteiger partial charge >= 0.3 is 0 Å². The zero-order chi connectivity index (χ0) is 15.4. The minimum absolute atomic E-state index is 0.123. The molecule has 0 radical (unpaired) electrons. The number of hydrogen-bond acceptors (Lipinski definition) is 3. The maximum atomic E-state index is 12.3. The molecule has 21 heavy (non-hydrogen) atoms. The number of carbonyl (C=O) groups is 1. The molecule has 2 N–H and O–H groups in total. The Kier molecular flexibility index (Phi) is 5.04. The molecular formula is C16H24N2O3. The summed E-state index contributed by atoms with van der Waals surface area (Å²) in [6, 6.07) is 1.63. The van der Waals surface area contributed by atoms with Crippen molar-refractivity contribution in [2.24, 2.45) is 0 Å². The number of aryl methyl sites for hydroxylation is 1. The van der Waals surface area contributed by atoms with Crippen molar-refractivity contribution >= 4 is 5.91 Å². The van der Waals surface area contributed by atoms with Crippen molar-refractivity contribution in [3.63, 3.8) is 0 Å². The summed E-state index contributed by atoms with van der Waals surface area (Å²) in [6.45, 7) is 4.51. The fraction of sp³-hybridized carbons (Fsp3) is 0.625. The van der Waals surface area contributed by atoms with Gasteiger partial charge < -0.3 is 15.0 Å². The highest BCUT2D eigenvalue weighted by Gasteiger charge is 2.30. The van der Waals surface area contributed by atoms with Gasteiger partial charge in [0.25, 0.3) is 5.91 Å². The first-order valence-electron chi connectivity index (χ1n) is 7.79. The summed E-state index contributed by atoms with van der Waals surface area (Å²) in [7, 11) is 0. The van der Waals surface area contributed by atoms with Crippen LogP contribution in [0.4, 0.5) is 0 Å². The van der Waals surface area contributed by atoms with Crippen LogP contribution in [0.25, 0.3) is 0 Å². The van der Waals surface area contributed by atoms with Crippen LogP contribution in [0.15, 0.2) is 10.9 Å². The molecule has 1 amide bonds. The molecule has 0 aromatic carbocycles. The van der Waals surface area contributed by atoms with Gasteiger partial charge in [-0.1, -0.05) is 26.2 Å². The Bertz CT molecular complexity index is 574. The first-order chi connectivity index (χ1) is 10.1.